The fraction of sp³-hybridized carbons (Fsp3) is 0.857. The van der Waals surface area contributed by atoms with Gasteiger partial charge in [0.05, 0.1) is 12.9 Å². The van der Waals surface area contributed by atoms with Crippen LogP contribution < -0.4 is 11.1 Å². The van der Waals surface area contributed by atoms with Crippen molar-refractivity contribution in [3.8, 4) is 0 Å². The average molecular weight is 302 g/mol. The number of nitrogens with one attached hydrogen (secondary N) is 1. The molecule has 0 bridgehead atoms. The second-order valence-electron chi connectivity index (χ2n) is 5.50. The molecule has 5 nitrogen and oxygen atoms in total. The Morgan fingerprint density at radius 1 is 1.35 bits per heavy atom. The first-order chi connectivity index (χ1) is 9.52. The first kappa shape index (κ1) is 17.3. The van der Waals surface area contributed by atoms with Gasteiger partial charge < -0.3 is 15.8 Å². The van der Waals surface area contributed by atoms with Crippen LogP contribution in [-0.2, 0) is 14.3 Å². The summed E-state index contributed by atoms with van der Waals surface area (Å²) < 4.78 is 4.55. The summed E-state index contributed by atoms with van der Waals surface area (Å²) in [5.41, 5.74) is 5.62. The maximum atomic E-state index is 11.8. The van der Waals surface area contributed by atoms with E-state index in [0.717, 1.165) is 18.8 Å². The van der Waals surface area contributed by atoms with Crippen molar-refractivity contribution in [3.05, 3.63) is 0 Å². The first-order valence-corrected chi connectivity index (χ1v) is 8.39. The fourth-order valence-corrected chi connectivity index (χ4v) is 3.15. The van der Waals surface area contributed by atoms with Crippen molar-refractivity contribution in [1.29, 1.82) is 0 Å². The average Bonchev–Trinajstić information content (AvgIpc) is 2.45. The van der Waals surface area contributed by atoms with E-state index in [1.54, 1.807) is 0 Å². The number of carbonyl (C=O) groups excluding carboxylic acids is 2. The normalized spacial score (nSPS) is 23.9. The van der Waals surface area contributed by atoms with Gasteiger partial charge in [-0.1, -0.05) is 6.92 Å². The van der Waals surface area contributed by atoms with Gasteiger partial charge in [-0.25, -0.2) is 0 Å². The number of amides is 1. The van der Waals surface area contributed by atoms with Gasteiger partial charge in [-0.2, -0.15) is 11.8 Å². The Morgan fingerprint density at radius 3 is 2.60 bits per heavy atom. The van der Waals surface area contributed by atoms with Gasteiger partial charge in [0.2, 0.25) is 5.91 Å². The van der Waals surface area contributed by atoms with Crippen LogP contribution in [0.5, 0.6) is 0 Å². The molecule has 1 aliphatic rings. The highest BCUT2D eigenvalue weighted by Crippen LogP contribution is 2.23. The Bertz CT molecular complexity index is 318. The van der Waals surface area contributed by atoms with E-state index < -0.39 is 12.0 Å². The smallest absolute Gasteiger partial charge is 0.322 e. The molecule has 3 N–H and O–H groups in total. The van der Waals surface area contributed by atoms with Gasteiger partial charge in [0, 0.05) is 6.04 Å². The van der Waals surface area contributed by atoms with Crippen molar-refractivity contribution >= 4 is 23.6 Å². The predicted octanol–water partition coefficient (Wildman–Crippen LogP) is 1.30. The molecule has 0 heterocycles. The molecule has 1 saturated carbocycles. The molecule has 6 heteroatoms. The van der Waals surface area contributed by atoms with Crippen LogP contribution in [0.4, 0.5) is 0 Å². The summed E-state index contributed by atoms with van der Waals surface area (Å²) in [6.45, 7) is 2.26. The topological polar surface area (TPSA) is 81.4 Å². The molecule has 1 aliphatic carbocycles. The minimum Gasteiger partial charge on any atom is -0.468 e. The largest absolute Gasteiger partial charge is 0.468 e. The van der Waals surface area contributed by atoms with Crippen LogP contribution in [0.15, 0.2) is 0 Å². The van der Waals surface area contributed by atoms with E-state index in [-0.39, 0.29) is 5.91 Å². The lowest BCUT2D eigenvalue weighted by atomic mass is 9.87. The number of thioether (sulfide) groups is 1. The summed E-state index contributed by atoms with van der Waals surface area (Å²) in [5, 5.41) is 3.08. The monoisotopic (exact) mass is 302 g/mol. The Kier molecular flexibility index (Phi) is 7.99. The zero-order valence-corrected chi connectivity index (χ0v) is 13.2. The van der Waals surface area contributed by atoms with Crippen molar-refractivity contribution in [1.82, 2.24) is 5.32 Å². The molecule has 0 aliphatic heterocycles. The van der Waals surface area contributed by atoms with Crippen LogP contribution in [-0.4, -0.2) is 42.6 Å². The third kappa shape index (κ3) is 6.61. The summed E-state index contributed by atoms with van der Waals surface area (Å²) in [7, 11) is 1.33. The summed E-state index contributed by atoms with van der Waals surface area (Å²) >= 11 is 1.51. The Balaban J connectivity index is 2.07. The number of rotatable bonds is 7. The van der Waals surface area contributed by atoms with E-state index in [0.29, 0.717) is 24.0 Å². The predicted molar refractivity (Wildman–Crippen MR) is 81.5 cm³/mol. The van der Waals surface area contributed by atoms with Crippen molar-refractivity contribution in [3.63, 3.8) is 0 Å². The molecule has 1 fully saturated rings. The summed E-state index contributed by atoms with van der Waals surface area (Å²) in [5.74, 6) is 1.59. The highest BCUT2D eigenvalue weighted by Gasteiger charge is 2.19. The molecule has 1 unspecified atom stereocenters. The number of methoxy groups -OCH3 is 1. The number of carbonyl (C=O) groups is 2. The molecule has 1 atom stereocenters. The zero-order chi connectivity index (χ0) is 15.0. The van der Waals surface area contributed by atoms with Gasteiger partial charge in [-0.15, -0.1) is 0 Å². The van der Waals surface area contributed by atoms with Crippen molar-refractivity contribution in [2.75, 3.05) is 18.6 Å². The zero-order valence-electron chi connectivity index (χ0n) is 12.4. The van der Waals surface area contributed by atoms with Gasteiger partial charge in [-0.05, 0) is 43.8 Å². The summed E-state index contributed by atoms with van der Waals surface area (Å²) in [4.78, 5) is 22.9. The molecule has 1 rings (SSSR count). The van der Waals surface area contributed by atoms with Gasteiger partial charge in [0.15, 0.2) is 0 Å². The lowest BCUT2D eigenvalue weighted by Gasteiger charge is -2.26. The fourth-order valence-electron chi connectivity index (χ4n) is 2.32. The van der Waals surface area contributed by atoms with Crippen LogP contribution in [0, 0.1) is 5.92 Å². The van der Waals surface area contributed by atoms with Gasteiger partial charge in [-0.3, -0.25) is 9.59 Å². The van der Waals surface area contributed by atoms with Gasteiger partial charge in [0.1, 0.15) is 6.04 Å². The van der Waals surface area contributed by atoms with Gasteiger partial charge in [0.25, 0.3) is 0 Å². The van der Waals surface area contributed by atoms with E-state index in [1.807, 2.05) is 0 Å². The SMILES string of the molecule is COC(=O)C(N)CCSCC(=O)NC1CCC(C)CC1. The molecule has 0 saturated heterocycles. The number of hydrogen-bond donors (Lipinski definition) is 2. The van der Waals surface area contributed by atoms with Gasteiger partial charge >= 0.3 is 5.97 Å². The van der Waals surface area contributed by atoms with Crippen molar-refractivity contribution in [2.24, 2.45) is 11.7 Å². The third-order valence-corrected chi connectivity index (χ3v) is 4.68. The Hall–Kier alpha value is -0.750. The van der Waals surface area contributed by atoms with E-state index >= 15 is 0 Å². The first-order valence-electron chi connectivity index (χ1n) is 7.23. The van der Waals surface area contributed by atoms with Crippen LogP contribution in [0.25, 0.3) is 0 Å². The number of esters is 1. The molecule has 0 radical (unpaired) electrons. The molecule has 0 aromatic rings. The molecule has 20 heavy (non-hydrogen) atoms. The van der Waals surface area contributed by atoms with Crippen LogP contribution >= 0.6 is 11.8 Å². The lowest BCUT2D eigenvalue weighted by molar-refractivity contribution is -0.142. The standard InChI is InChI=1S/C14H26N2O3S/c1-10-3-5-11(6-4-10)16-13(17)9-20-8-7-12(15)14(18)19-2/h10-12H,3-9,15H2,1-2H3,(H,16,17). The second kappa shape index (κ2) is 9.23. The number of hydrogen-bond acceptors (Lipinski definition) is 5. The summed E-state index contributed by atoms with van der Waals surface area (Å²) in [6.07, 6.45) is 5.11. The molecule has 116 valence electrons. The Morgan fingerprint density at radius 2 is 2.00 bits per heavy atom. The maximum Gasteiger partial charge on any atom is 0.322 e. The third-order valence-electron chi connectivity index (χ3n) is 3.69. The highest BCUT2D eigenvalue weighted by molar-refractivity contribution is 7.99. The van der Waals surface area contributed by atoms with E-state index in [9.17, 15) is 9.59 Å². The van der Waals surface area contributed by atoms with Crippen molar-refractivity contribution in [2.45, 2.75) is 51.1 Å². The summed E-state index contributed by atoms with van der Waals surface area (Å²) in [6, 6.07) is -0.244. The van der Waals surface area contributed by atoms with Crippen LogP contribution in [0.3, 0.4) is 0 Å². The van der Waals surface area contributed by atoms with Crippen LogP contribution in [0.2, 0.25) is 0 Å². The van der Waals surface area contributed by atoms with Crippen LogP contribution in [0.1, 0.15) is 39.0 Å². The maximum absolute atomic E-state index is 11.8. The quantitative estimate of drug-likeness (QED) is 0.547. The second-order valence-corrected chi connectivity index (χ2v) is 6.60. The molecule has 1 amide bonds. The Labute approximate surface area is 125 Å². The van der Waals surface area contributed by atoms with E-state index in [4.69, 9.17) is 5.73 Å². The van der Waals surface area contributed by atoms with E-state index in [2.05, 4.69) is 17.0 Å². The minimum absolute atomic E-state index is 0.0844. The van der Waals surface area contributed by atoms with E-state index in [1.165, 1.54) is 31.7 Å². The molecule has 0 spiro atoms. The molecular weight excluding hydrogens is 276 g/mol. The number of nitrogens with two attached hydrogens (primary N) is 1. The minimum atomic E-state index is -0.588. The number of ether oxygens (including phenoxy) is 1. The molecule has 0 aromatic heterocycles. The van der Waals surface area contributed by atoms with Crippen molar-refractivity contribution < 1.29 is 14.3 Å². The molecular formula is C14H26N2O3S. The molecule has 0 aromatic carbocycles. The highest BCUT2D eigenvalue weighted by atomic mass is 32.2. The lowest BCUT2D eigenvalue weighted by Crippen LogP contribution is -2.38.